The van der Waals surface area contributed by atoms with Crippen LogP contribution >= 0.6 is 0 Å². The number of hydrogen-bond donors (Lipinski definition) is 0. The Morgan fingerprint density at radius 3 is 2.59 bits per heavy atom. The molecule has 0 radical (unpaired) electrons. The lowest BCUT2D eigenvalue weighted by atomic mass is 10.0. The molecule has 0 bridgehead atoms. The minimum absolute atomic E-state index is 0.0520. The maximum absolute atomic E-state index is 11.8. The van der Waals surface area contributed by atoms with Crippen LogP contribution in [-0.2, 0) is 22.6 Å². The van der Waals surface area contributed by atoms with Crippen LogP contribution in [0, 0.1) is 0 Å². The van der Waals surface area contributed by atoms with Crippen LogP contribution in [0.3, 0.4) is 0 Å². The summed E-state index contributed by atoms with van der Waals surface area (Å²) >= 11 is 0. The third kappa shape index (κ3) is 2.79. The van der Waals surface area contributed by atoms with E-state index in [1.165, 1.54) is 7.11 Å². The largest absolute Gasteiger partial charge is 0.493 e. The van der Waals surface area contributed by atoms with Gasteiger partial charge in [0.15, 0.2) is 11.5 Å². The van der Waals surface area contributed by atoms with E-state index in [4.69, 9.17) is 9.47 Å². The van der Waals surface area contributed by atoms with E-state index in [2.05, 4.69) is 4.74 Å². The maximum atomic E-state index is 11.8. The summed E-state index contributed by atoms with van der Waals surface area (Å²) in [4.78, 5) is 23.1. The number of carbonyl (C=O) groups is 2. The third-order valence-corrected chi connectivity index (χ3v) is 3.39. The number of benzene rings is 2. The lowest BCUT2D eigenvalue weighted by molar-refractivity contribution is -0.137. The van der Waals surface area contributed by atoms with Crippen LogP contribution < -0.4 is 9.47 Å². The zero-order valence-electron chi connectivity index (χ0n) is 12.0. The molecule has 2 aromatic rings. The Bertz CT molecular complexity index is 721. The zero-order valence-corrected chi connectivity index (χ0v) is 12.0. The van der Waals surface area contributed by atoms with Crippen LogP contribution in [0.1, 0.15) is 21.5 Å². The Morgan fingerprint density at radius 2 is 1.86 bits per heavy atom. The first-order valence-corrected chi connectivity index (χ1v) is 6.80. The average molecular weight is 298 g/mol. The predicted molar refractivity (Wildman–Crippen MR) is 77.9 cm³/mol. The molecule has 0 saturated carbocycles. The molecule has 3 rings (SSSR count). The van der Waals surface area contributed by atoms with Crippen molar-refractivity contribution in [1.82, 2.24) is 0 Å². The summed E-state index contributed by atoms with van der Waals surface area (Å²) < 4.78 is 15.6. The molecule has 0 N–H and O–H groups in total. The number of fused-ring (bicyclic) bond motifs is 1. The van der Waals surface area contributed by atoms with Gasteiger partial charge in [-0.15, -0.1) is 0 Å². The van der Waals surface area contributed by atoms with Crippen LogP contribution in [0.4, 0.5) is 0 Å². The third-order valence-electron chi connectivity index (χ3n) is 3.39. The van der Waals surface area contributed by atoms with Crippen molar-refractivity contribution in [2.24, 2.45) is 0 Å². The molecule has 1 heterocycles. The molecular formula is C17H14O5. The molecule has 0 saturated heterocycles. The van der Waals surface area contributed by atoms with E-state index in [1.807, 2.05) is 30.3 Å². The molecule has 0 aromatic heterocycles. The summed E-state index contributed by atoms with van der Waals surface area (Å²) in [7, 11) is 1.51. The SMILES string of the molecule is COc1cc2c(cc1OCc1ccccc1)C(=O)OC(=O)C2. The lowest BCUT2D eigenvalue weighted by Gasteiger charge is -2.18. The van der Waals surface area contributed by atoms with Crippen molar-refractivity contribution in [1.29, 1.82) is 0 Å². The standard InChI is InChI=1S/C17H14O5/c1-20-14-7-12-8-16(18)22-17(19)13(12)9-15(14)21-10-11-5-3-2-4-6-11/h2-7,9H,8,10H2,1H3. The van der Waals surface area contributed by atoms with Gasteiger partial charge in [-0.05, 0) is 23.3 Å². The second kappa shape index (κ2) is 5.89. The molecular weight excluding hydrogens is 284 g/mol. The van der Waals surface area contributed by atoms with Crippen molar-refractivity contribution in [3.8, 4) is 11.5 Å². The molecule has 5 heteroatoms. The van der Waals surface area contributed by atoms with E-state index in [9.17, 15) is 9.59 Å². The first kappa shape index (κ1) is 14.1. The Balaban J connectivity index is 1.89. The fraction of sp³-hybridized carbons (Fsp3) is 0.176. The molecule has 0 spiro atoms. The molecule has 5 nitrogen and oxygen atoms in total. The number of cyclic esters (lactones) is 2. The number of hydrogen-bond acceptors (Lipinski definition) is 5. The summed E-state index contributed by atoms with van der Waals surface area (Å²) in [6.07, 6.45) is 0.0520. The maximum Gasteiger partial charge on any atom is 0.346 e. The van der Waals surface area contributed by atoms with E-state index in [0.717, 1.165) is 5.56 Å². The van der Waals surface area contributed by atoms with Crippen LogP contribution in [0.5, 0.6) is 11.5 Å². The second-order valence-corrected chi connectivity index (χ2v) is 4.87. The fourth-order valence-corrected chi connectivity index (χ4v) is 2.30. The minimum atomic E-state index is -0.654. The van der Waals surface area contributed by atoms with E-state index in [1.54, 1.807) is 12.1 Å². The molecule has 2 aromatic carbocycles. The van der Waals surface area contributed by atoms with Crippen LogP contribution in [0.25, 0.3) is 0 Å². The predicted octanol–water partition coefficient (Wildman–Crippen LogP) is 2.51. The van der Waals surface area contributed by atoms with Gasteiger partial charge in [0.25, 0.3) is 0 Å². The summed E-state index contributed by atoms with van der Waals surface area (Å²) in [5, 5.41) is 0. The number of carbonyl (C=O) groups excluding carboxylic acids is 2. The van der Waals surface area contributed by atoms with Gasteiger partial charge in [0.05, 0.1) is 19.1 Å². The normalized spacial score (nSPS) is 13.3. The first-order valence-electron chi connectivity index (χ1n) is 6.80. The van der Waals surface area contributed by atoms with Crippen LogP contribution in [-0.4, -0.2) is 19.0 Å². The molecule has 0 fully saturated rings. The molecule has 0 aliphatic carbocycles. The van der Waals surface area contributed by atoms with E-state index in [0.29, 0.717) is 29.2 Å². The van der Waals surface area contributed by atoms with Gasteiger partial charge in [-0.3, -0.25) is 4.79 Å². The number of ether oxygens (including phenoxy) is 3. The van der Waals surface area contributed by atoms with Crippen molar-refractivity contribution >= 4 is 11.9 Å². The average Bonchev–Trinajstić information content (AvgIpc) is 2.53. The van der Waals surface area contributed by atoms with E-state index in [-0.39, 0.29) is 6.42 Å². The summed E-state index contributed by atoms with van der Waals surface area (Å²) in [6, 6.07) is 12.9. The highest BCUT2D eigenvalue weighted by Gasteiger charge is 2.27. The second-order valence-electron chi connectivity index (χ2n) is 4.87. The van der Waals surface area contributed by atoms with Gasteiger partial charge in [-0.1, -0.05) is 30.3 Å². The van der Waals surface area contributed by atoms with Gasteiger partial charge in [-0.25, -0.2) is 4.79 Å². The van der Waals surface area contributed by atoms with Crippen molar-refractivity contribution in [2.45, 2.75) is 13.0 Å². The number of esters is 2. The van der Waals surface area contributed by atoms with Gasteiger partial charge in [-0.2, -0.15) is 0 Å². The molecule has 0 unspecified atom stereocenters. The molecule has 1 aliphatic heterocycles. The van der Waals surface area contributed by atoms with Crippen molar-refractivity contribution < 1.29 is 23.8 Å². The highest BCUT2D eigenvalue weighted by atomic mass is 16.6. The molecule has 22 heavy (non-hydrogen) atoms. The van der Waals surface area contributed by atoms with Gasteiger partial charge < -0.3 is 14.2 Å². The molecule has 112 valence electrons. The smallest absolute Gasteiger partial charge is 0.346 e. The van der Waals surface area contributed by atoms with Crippen molar-refractivity contribution in [3.63, 3.8) is 0 Å². The summed E-state index contributed by atoms with van der Waals surface area (Å²) in [5.74, 6) is -0.287. The summed E-state index contributed by atoms with van der Waals surface area (Å²) in [6.45, 7) is 0.351. The monoisotopic (exact) mass is 298 g/mol. The highest BCUT2D eigenvalue weighted by molar-refractivity contribution is 6.03. The first-order chi connectivity index (χ1) is 10.7. The topological polar surface area (TPSA) is 61.8 Å². The zero-order chi connectivity index (χ0) is 15.5. The molecule has 0 amide bonds. The molecule has 0 atom stereocenters. The summed E-state index contributed by atoms with van der Waals surface area (Å²) in [5.41, 5.74) is 1.92. The van der Waals surface area contributed by atoms with Gasteiger partial charge in [0.2, 0.25) is 0 Å². The fourth-order valence-electron chi connectivity index (χ4n) is 2.30. The Kier molecular flexibility index (Phi) is 3.78. The van der Waals surface area contributed by atoms with E-state index < -0.39 is 11.9 Å². The molecule has 1 aliphatic rings. The Morgan fingerprint density at radius 1 is 1.09 bits per heavy atom. The van der Waals surface area contributed by atoms with Crippen molar-refractivity contribution in [3.05, 3.63) is 59.2 Å². The van der Waals surface area contributed by atoms with Crippen molar-refractivity contribution in [2.75, 3.05) is 7.11 Å². The van der Waals surface area contributed by atoms with Gasteiger partial charge in [0, 0.05) is 0 Å². The Hall–Kier alpha value is -2.82. The van der Waals surface area contributed by atoms with Gasteiger partial charge >= 0.3 is 11.9 Å². The number of rotatable bonds is 4. The highest BCUT2D eigenvalue weighted by Crippen LogP contribution is 2.33. The Labute approximate surface area is 127 Å². The lowest BCUT2D eigenvalue weighted by Crippen LogP contribution is -2.23. The quantitative estimate of drug-likeness (QED) is 0.641. The van der Waals surface area contributed by atoms with Crippen LogP contribution in [0.2, 0.25) is 0 Å². The minimum Gasteiger partial charge on any atom is -0.493 e. The van der Waals surface area contributed by atoms with Gasteiger partial charge in [0.1, 0.15) is 6.61 Å². The van der Waals surface area contributed by atoms with Crippen LogP contribution in [0.15, 0.2) is 42.5 Å². The van der Waals surface area contributed by atoms with E-state index >= 15 is 0 Å². The number of methoxy groups -OCH3 is 1.